The molecule has 0 spiro atoms. The number of benzene rings is 1. The molecule has 0 unspecified atom stereocenters. The third-order valence-corrected chi connectivity index (χ3v) is 2.99. The van der Waals surface area contributed by atoms with Gasteiger partial charge in [0.25, 0.3) is 5.91 Å². The van der Waals surface area contributed by atoms with Gasteiger partial charge in [-0.2, -0.15) is 0 Å². The maximum atomic E-state index is 12.0. The zero-order valence-corrected chi connectivity index (χ0v) is 11.4. The second-order valence-corrected chi connectivity index (χ2v) is 5.38. The minimum Gasteiger partial charge on any atom is -0.346 e. The van der Waals surface area contributed by atoms with Gasteiger partial charge in [-0.05, 0) is 54.4 Å². The third-order valence-electron chi connectivity index (χ3n) is 2.33. The summed E-state index contributed by atoms with van der Waals surface area (Å²) in [5.41, 5.74) is 6.93. The lowest BCUT2D eigenvalue weighted by Crippen LogP contribution is -2.48. The molecule has 3 nitrogen and oxygen atoms in total. The highest BCUT2D eigenvalue weighted by Gasteiger charge is 2.20. The lowest BCUT2D eigenvalue weighted by Gasteiger charge is -2.24. The summed E-state index contributed by atoms with van der Waals surface area (Å²) in [4.78, 5) is 12.0. The minimum absolute atomic E-state index is 0.109. The maximum Gasteiger partial charge on any atom is 0.252 e. The van der Waals surface area contributed by atoms with Gasteiger partial charge in [0, 0.05) is 16.6 Å². The van der Waals surface area contributed by atoms with Gasteiger partial charge >= 0.3 is 0 Å². The first-order chi connectivity index (χ1) is 7.35. The van der Waals surface area contributed by atoms with Gasteiger partial charge in [0.15, 0.2) is 0 Å². The molecule has 0 bridgehead atoms. The predicted molar refractivity (Wildman–Crippen MR) is 69.5 cm³/mol. The second kappa shape index (κ2) is 4.97. The van der Waals surface area contributed by atoms with Gasteiger partial charge in [-0.15, -0.1) is 0 Å². The zero-order chi connectivity index (χ0) is 12.3. The molecule has 0 aliphatic heterocycles. The molecule has 3 N–H and O–H groups in total. The quantitative estimate of drug-likeness (QED) is 0.894. The molecule has 0 fully saturated rings. The molecule has 1 amide bonds. The van der Waals surface area contributed by atoms with Crippen LogP contribution in [0.5, 0.6) is 0 Å². The Morgan fingerprint density at radius 1 is 1.50 bits per heavy atom. The molecular weight excluding hydrogens is 268 g/mol. The molecule has 88 valence electrons. The molecule has 0 saturated carbocycles. The Labute approximate surface area is 105 Å². The van der Waals surface area contributed by atoms with E-state index in [-0.39, 0.29) is 11.4 Å². The molecule has 0 aliphatic rings. The van der Waals surface area contributed by atoms with Crippen molar-refractivity contribution in [3.63, 3.8) is 0 Å². The molecule has 16 heavy (non-hydrogen) atoms. The zero-order valence-electron chi connectivity index (χ0n) is 9.80. The highest BCUT2D eigenvalue weighted by atomic mass is 79.9. The molecule has 0 heterocycles. The first-order valence-electron chi connectivity index (χ1n) is 5.14. The fraction of sp³-hybridized carbons (Fsp3) is 0.417. The van der Waals surface area contributed by atoms with Crippen molar-refractivity contribution in [3.8, 4) is 0 Å². The summed E-state index contributed by atoms with van der Waals surface area (Å²) in [6.07, 6.45) is 0. The van der Waals surface area contributed by atoms with Crippen LogP contribution in [0, 0.1) is 6.92 Å². The number of hydrogen-bond acceptors (Lipinski definition) is 2. The normalized spacial score (nSPS) is 11.3. The van der Waals surface area contributed by atoms with E-state index < -0.39 is 0 Å². The van der Waals surface area contributed by atoms with Gasteiger partial charge in [0.05, 0.1) is 5.56 Å². The highest BCUT2D eigenvalue weighted by molar-refractivity contribution is 9.10. The van der Waals surface area contributed by atoms with Crippen LogP contribution in [0.25, 0.3) is 0 Å². The summed E-state index contributed by atoms with van der Waals surface area (Å²) in [5.74, 6) is -0.109. The van der Waals surface area contributed by atoms with Gasteiger partial charge in [0.2, 0.25) is 0 Å². The van der Waals surface area contributed by atoms with E-state index in [4.69, 9.17) is 5.73 Å². The largest absolute Gasteiger partial charge is 0.346 e. The van der Waals surface area contributed by atoms with Crippen molar-refractivity contribution < 1.29 is 4.79 Å². The summed E-state index contributed by atoms with van der Waals surface area (Å²) in [6, 6.07) is 5.64. The summed E-state index contributed by atoms with van der Waals surface area (Å²) in [6.45, 7) is 6.18. The van der Waals surface area contributed by atoms with Crippen LogP contribution in [0.15, 0.2) is 22.7 Å². The van der Waals surface area contributed by atoms with Crippen LogP contribution in [0.3, 0.4) is 0 Å². The third kappa shape index (κ3) is 3.32. The van der Waals surface area contributed by atoms with Crippen molar-refractivity contribution in [2.75, 3.05) is 6.54 Å². The highest BCUT2D eigenvalue weighted by Crippen LogP contribution is 2.18. The Morgan fingerprint density at radius 2 is 2.12 bits per heavy atom. The van der Waals surface area contributed by atoms with E-state index in [2.05, 4.69) is 21.2 Å². The van der Waals surface area contributed by atoms with Gasteiger partial charge in [-0.25, -0.2) is 0 Å². The first-order valence-corrected chi connectivity index (χ1v) is 5.94. The van der Waals surface area contributed by atoms with Crippen molar-refractivity contribution in [1.82, 2.24) is 5.32 Å². The molecule has 1 aromatic carbocycles. The average molecular weight is 285 g/mol. The number of carbonyl (C=O) groups excluding carboxylic acids is 1. The first kappa shape index (κ1) is 13.2. The van der Waals surface area contributed by atoms with Crippen LogP contribution in [0.4, 0.5) is 0 Å². The SMILES string of the molecule is Cc1ccc(C(=O)NC(C)(C)CN)c(Br)c1. The summed E-state index contributed by atoms with van der Waals surface area (Å²) in [7, 11) is 0. The number of aryl methyl sites for hydroxylation is 1. The van der Waals surface area contributed by atoms with Crippen molar-refractivity contribution in [1.29, 1.82) is 0 Å². The smallest absolute Gasteiger partial charge is 0.252 e. The van der Waals surface area contributed by atoms with E-state index in [1.54, 1.807) is 6.07 Å². The van der Waals surface area contributed by atoms with Gasteiger partial charge in [-0.1, -0.05) is 6.07 Å². The molecule has 1 rings (SSSR count). The van der Waals surface area contributed by atoms with E-state index in [0.717, 1.165) is 10.0 Å². The van der Waals surface area contributed by atoms with Crippen molar-refractivity contribution in [2.45, 2.75) is 26.3 Å². The van der Waals surface area contributed by atoms with Gasteiger partial charge in [0.1, 0.15) is 0 Å². The Kier molecular flexibility index (Phi) is 4.10. The van der Waals surface area contributed by atoms with Crippen LogP contribution in [0.1, 0.15) is 29.8 Å². The fourth-order valence-corrected chi connectivity index (χ4v) is 1.90. The molecular formula is C12H17BrN2O. The maximum absolute atomic E-state index is 12.0. The van der Waals surface area contributed by atoms with Crippen LogP contribution >= 0.6 is 15.9 Å². The number of nitrogens with two attached hydrogens (primary N) is 1. The Bertz CT molecular complexity index is 402. The molecule has 0 aromatic heterocycles. The summed E-state index contributed by atoms with van der Waals surface area (Å²) >= 11 is 3.39. The average Bonchev–Trinajstić information content (AvgIpc) is 2.16. The summed E-state index contributed by atoms with van der Waals surface area (Å²) < 4.78 is 0.804. The lowest BCUT2D eigenvalue weighted by atomic mass is 10.0. The van der Waals surface area contributed by atoms with Crippen LogP contribution < -0.4 is 11.1 Å². The van der Waals surface area contributed by atoms with Crippen molar-refractivity contribution in [3.05, 3.63) is 33.8 Å². The van der Waals surface area contributed by atoms with E-state index in [9.17, 15) is 4.79 Å². The lowest BCUT2D eigenvalue weighted by molar-refractivity contribution is 0.0915. The molecule has 4 heteroatoms. The molecule has 0 atom stereocenters. The summed E-state index contributed by atoms with van der Waals surface area (Å²) in [5, 5.41) is 2.89. The molecule has 0 radical (unpaired) electrons. The van der Waals surface area contributed by atoms with Gasteiger partial charge < -0.3 is 11.1 Å². The molecule has 0 aliphatic carbocycles. The van der Waals surface area contributed by atoms with Crippen LogP contribution in [-0.4, -0.2) is 18.0 Å². The Morgan fingerprint density at radius 3 is 2.62 bits per heavy atom. The van der Waals surface area contributed by atoms with Crippen molar-refractivity contribution >= 4 is 21.8 Å². The Hall–Kier alpha value is -0.870. The number of halogens is 1. The topological polar surface area (TPSA) is 55.1 Å². The number of amides is 1. The second-order valence-electron chi connectivity index (χ2n) is 4.53. The van der Waals surface area contributed by atoms with Crippen molar-refractivity contribution in [2.24, 2.45) is 5.73 Å². The van der Waals surface area contributed by atoms with Crippen LogP contribution in [0.2, 0.25) is 0 Å². The number of rotatable bonds is 3. The van der Waals surface area contributed by atoms with E-state index >= 15 is 0 Å². The van der Waals surface area contributed by atoms with E-state index in [1.807, 2.05) is 32.9 Å². The number of nitrogens with one attached hydrogen (secondary N) is 1. The minimum atomic E-state index is -0.387. The van der Waals surface area contributed by atoms with E-state index in [1.165, 1.54) is 0 Å². The van der Waals surface area contributed by atoms with E-state index in [0.29, 0.717) is 12.1 Å². The van der Waals surface area contributed by atoms with Crippen LogP contribution in [-0.2, 0) is 0 Å². The standard InChI is InChI=1S/C12H17BrN2O/c1-8-4-5-9(10(13)6-8)11(16)15-12(2,3)7-14/h4-6H,7,14H2,1-3H3,(H,15,16). The number of carbonyl (C=O) groups is 1. The molecule has 1 aromatic rings. The Balaban J connectivity index is 2.89. The monoisotopic (exact) mass is 284 g/mol. The van der Waals surface area contributed by atoms with Gasteiger partial charge in [-0.3, -0.25) is 4.79 Å². The molecule has 0 saturated heterocycles. The fourth-order valence-electron chi connectivity index (χ4n) is 1.23. The predicted octanol–water partition coefficient (Wildman–Crippen LogP) is 2.22. The number of hydrogen-bond donors (Lipinski definition) is 2.